The van der Waals surface area contributed by atoms with E-state index in [0.717, 1.165) is 19.4 Å². The molecule has 0 bridgehead atoms. The molecule has 1 aromatic rings. The normalized spacial score (nSPS) is 26.1. The Morgan fingerprint density at radius 2 is 2.05 bits per heavy atom. The quantitative estimate of drug-likeness (QED) is 0.476. The minimum absolute atomic E-state index is 0.0411. The summed E-state index contributed by atoms with van der Waals surface area (Å²) < 4.78 is 0. The van der Waals surface area contributed by atoms with Crippen molar-refractivity contribution in [1.82, 2.24) is 9.97 Å². The standard InChI is InChI=1S/C13H17ClN4O2/c14-13-15-8-11(18(19)20)12(16-13)17-7-3-5-9-4-1-2-6-10(9)17/h8-10H,1-7H2. The highest BCUT2D eigenvalue weighted by atomic mass is 35.5. The molecule has 3 rings (SSSR count). The van der Waals surface area contributed by atoms with Crippen LogP contribution in [0.2, 0.25) is 5.28 Å². The molecule has 20 heavy (non-hydrogen) atoms. The molecule has 0 amide bonds. The molecule has 2 atom stereocenters. The first-order chi connectivity index (χ1) is 9.66. The smallest absolute Gasteiger partial charge is 0.329 e. The second-order valence-electron chi connectivity index (χ2n) is 5.55. The number of halogens is 1. The Balaban J connectivity index is 1.98. The van der Waals surface area contributed by atoms with Gasteiger partial charge in [-0.15, -0.1) is 0 Å². The summed E-state index contributed by atoms with van der Waals surface area (Å²) in [7, 11) is 0. The molecule has 0 spiro atoms. The van der Waals surface area contributed by atoms with Crippen LogP contribution in [0, 0.1) is 16.0 Å². The first-order valence-corrected chi connectivity index (χ1v) is 7.48. The Morgan fingerprint density at radius 3 is 2.85 bits per heavy atom. The molecule has 108 valence electrons. The molecule has 1 saturated heterocycles. The van der Waals surface area contributed by atoms with Crippen LogP contribution in [0.3, 0.4) is 0 Å². The summed E-state index contributed by atoms with van der Waals surface area (Å²) >= 11 is 5.84. The van der Waals surface area contributed by atoms with Gasteiger partial charge in [0.15, 0.2) is 0 Å². The van der Waals surface area contributed by atoms with Crippen molar-refractivity contribution in [3.63, 3.8) is 0 Å². The van der Waals surface area contributed by atoms with Gasteiger partial charge in [-0.1, -0.05) is 12.8 Å². The van der Waals surface area contributed by atoms with E-state index in [1.54, 1.807) is 0 Å². The minimum Gasteiger partial charge on any atom is -0.347 e. The molecule has 0 N–H and O–H groups in total. The number of nitro groups is 1. The van der Waals surface area contributed by atoms with Crippen molar-refractivity contribution in [1.29, 1.82) is 0 Å². The fraction of sp³-hybridized carbons (Fsp3) is 0.692. The number of hydrogen-bond acceptors (Lipinski definition) is 5. The van der Waals surface area contributed by atoms with Crippen molar-refractivity contribution in [2.24, 2.45) is 5.92 Å². The third-order valence-corrected chi connectivity index (χ3v) is 4.61. The van der Waals surface area contributed by atoms with Crippen LogP contribution >= 0.6 is 11.6 Å². The highest BCUT2D eigenvalue weighted by molar-refractivity contribution is 6.28. The third kappa shape index (κ3) is 2.44. The van der Waals surface area contributed by atoms with Gasteiger partial charge in [-0.2, -0.15) is 4.98 Å². The SMILES string of the molecule is O=[N+]([O-])c1cnc(Cl)nc1N1CCCC2CCCCC21. The maximum absolute atomic E-state index is 11.2. The zero-order valence-corrected chi connectivity index (χ0v) is 11.9. The van der Waals surface area contributed by atoms with Gasteiger partial charge < -0.3 is 4.90 Å². The van der Waals surface area contributed by atoms with Crippen LogP contribution in [0.1, 0.15) is 38.5 Å². The van der Waals surface area contributed by atoms with Crippen LogP contribution in [0.5, 0.6) is 0 Å². The predicted molar refractivity (Wildman–Crippen MR) is 76.0 cm³/mol. The van der Waals surface area contributed by atoms with E-state index in [2.05, 4.69) is 14.9 Å². The Kier molecular flexibility index (Phi) is 3.74. The number of rotatable bonds is 2. The van der Waals surface area contributed by atoms with Gasteiger partial charge in [0.05, 0.1) is 4.92 Å². The monoisotopic (exact) mass is 296 g/mol. The van der Waals surface area contributed by atoms with E-state index >= 15 is 0 Å². The van der Waals surface area contributed by atoms with Crippen molar-refractivity contribution in [3.05, 3.63) is 21.6 Å². The van der Waals surface area contributed by atoms with Gasteiger partial charge in [-0.3, -0.25) is 10.1 Å². The van der Waals surface area contributed by atoms with Crippen molar-refractivity contribution in [2.75, 3.05) is 11.4 Å². The summed E-state index contributed by atoms with van der Waals surface area (Å²) in [5.74, 6) is 1.03. The number of hydrogen-bond donors (Lipinski definition) is 0. The van der Waals surface area contributed by atoms with Crippen molar-refractivity contribution in [3.8, 4) is 0 Å². The summed E-state index contributed by atoms with van der Waals surface area (Å²) in [6.45, 7) is 0.815. The first kappa shape index (κ1) is 13.5. The number of piperidine rings is 1. The summed E-state index contributed by atoms with van der Waals surface area (Å²) in [4.78, 5) is 20.8. The van der Waals surface area contributed by atoms with Crippen LogP contribution in [0.15, 0.2) is 6.20 Å². The van der Waals surface area contributed by atoms with Gasteiger partial charge in [0, 0.05) is 12.6 Å². The Morgan fingerprint density at radius 1 is 1.30 bits per heavy atom. The lowest BCUT2D eigenvalue weighted by molar-refractivity contribution is -0.384. The number of anilines is 1. The molecular formula is C13H17ClN4O2. The van der Waals surface area contributed by atoms with Crippen LogP contribution in [-0.4, -0.2) is 27.5 Å². The fourth-order valence-corrected chi connectivity index (χ4v) is 3.70. The Labute approximate surface area is 122 Å². The molecule has 1 aliphatic heterocycles. The van der Waals surface area contributed by atoms with Gasteiger partial charge >= 0.3 is 5.69 Å². The van der Waals surface area contributed by atoms with E-state index in [-0.39, 0.29) is 11.0 Å². The highest BCUT2D eigenvalue weighted by Crippen LogP contribution is 2.39. The maximum atomic E-state index is 11.2. The van der Waals surface area contributed by atoms with Crippen LogP contribution in [0.4, 0.5) is 11.5 Å². The maximum Gasteiger partial charge on any atom is 0.329 e. The van der Waals surface area contributed by atoms with Crippen molar-refractivity contribution < 1.29 is 4.92 Å². The first-order valence-electron chi connectivity index (χ1n) is 7.10. The number of aromatic nitrogens is 2. The molecule has 0 radical (unpaired) electrons. The van der Waals surface area contributed by atoms with E-state index in [1.807, 2.05) is 0 Å². The molecule has 1 aromatic heterocycles. The van der Waals surface area contributed by atoms with Gasteiger partial charge in [-0.25, -0.2) is 4.98 Å². The van der Waals surface area contributed by atoms with Crippen molar-refractivity contribution >= 4 is 23.1 Å². The molecule has 2 unspecified atom stereocenters. The van der Waals surface area contributed by atoms with Crippen LogP contribution < -0.4 is 4.90 Å². The second kappa shape index (κ2) is 5.52. The van der Waals surface area contributed by atoms with Crippen LogP contribution in [-0.2, 0) is 0 Å². The number of nitrogens with zero attached hydrogens (tertiary/aromatic N) is 4. The summed E-state index contributed by atoms with van der Waals surface area (Å²) in [5.41, 5.74) is -0.0411. The molecule has 0 aromatic carbocycles. The summed E-state index contributed by atoms with van der Waals surface area (Å²) in [5, 5.41) is 11.3. The summed E-state index contributed by atoms with van der Waals surface area (Å²) in [6.07, 6.45) is 8.24. The molecular weight excluding hydrogens is 280 g/mol. The fourth-order valence-electron chi connectivity index (χ4n) is 3.57. The molecule has 6 nitrogen and oxygen atoms in total. The topological polar surface area (TPSA) is 72.2 Å². The minimum atomic E-state index is -0.419. The molecule has 1 aliphatic carbocycles. The van der Waals surface area contributed by atoms with Crippen LogP contribution in [0.25, 0.3) is 0 Å². The Bertz CT molecular complexity index is 523. The van der Waals surface area contributed by atoms with Gasteiger partial charge in [-0.05, 0) is 43.2 Å². The average molecular weight is 297 g/mol. The van der Waals surface area contributed by atoms with E-state index in [4.69, 9.17) is 11.6 Å². The molecule has 2 aliphatic rings. The molecule has 2 heterocycles. The Hall–Kier alpha value is -1.43. The van der Waals surface area contributed by atoms with Gasteiger partial charge in [0.1, 0.15) is 6.20 Å². The lowest BCUT2D eigenvalue weighted by atomic mass is 9.78. The largest absolute Gasteiger partial charge is 0.347 e. The van der Waals surface area contributed by atoms with E-state index in [1.165, 1.54) is 31.9 Å². The molecule has 2 fully saturated rings. The third-order valence-electron chi connectivity index (χ3n) is 4.43. The van der Waals surface area contributed by atoms with E-state index < -0.39 is 4.92 Å². The van der Waals surface area contributed by atoms with E-state index in [9.17, 15) is 10.1 Å². The van der Waals surface area contributed by atoms with Gasteiger partial charge in [0.2, 0.25) is 11.1 Å². The predicted octanol–water partition coefficient (Wildman–Crippen LogP) is 3.20. The lowest BCUT2D eigenvalue weighted by Crippen LogP contribution is -2.47. The number of fused-ring (bicyclic) bond motifs is 1. The summed E-state index contributed by atoms with van der Waals surface area (Å²) in [6, 6.07) is 0.363. The average Bonchev–Trinajstić information content (AvgIpc) is 2.46. The molecule has 7 heteroatoms. The zero-order valence-electron chi connectivity index (χ0n) is 11.2. The molecule has 1 saturated carbocycles. The highest BCUT2D eigenvalue weighted by Gasteiger charge is 2.36. The van der Waals surface area contributed by atoms with Gasteiger partial charge in [0.25, 0.3) is 0 Å². The second-order valence-corrected chi connectivity index (χ2v) is 5.89. The lowest BCUT2D eigenvalue weighted by Gasteiger charge is -2.44. The van der Waals surface area contributed by atoms with E-state index in [0.29, 0.717) is 17.8 Å². The zero-order chi connectivity index (χ0) is 14.1. The van der Waals surface area contributed by atoms with Crippen molar-refractivity contribution in [2.45, 2.75) is 44.6 Å².